The Morgan fingerprint density at radius 1 is 1.04 bits per heavy atom. The number of hydrogen-bond acceptors (Lipinski definition) is 2. The quantitative estimate of drug-likeness (QED) is 0.669. The molecule has 0 unspecified atom stereocenters. The highest BCUT2D eigenvalue weighted by atomic mass is 35.5. The van der Waals surface area contributed by atoms with E-state index in [4.69, 9.17) is 11.6 Å². The number of benzene rings is 2. The van der Waals surface area contributed by atoms with Crippen LogP contribution in [0.2, 0.25) is 5.02 Å². The summed E-state index contributed by atoms with van der Waals surface area (Å²) in [4.78, 5) is -0.311. The fourth-order valence-electron chi connectivity index (χ4n) is 3.52. The maximum absolute atomic E-state index is 14.3. The first-order valence-corrected chi connectivity index (χ1v) is 10.8. The molecule has 0 N–H and O–H groups in total. The lowest BCUT2D eigenvalue weighted by Crippen LogP contribution is -2.36. The van der Waals surface area contributed by atoms with Crippen LogP contribution < -0.4 is 0 Å². The molecule has 2 aromatic carbocycles. The summed E-state index contributed by atoms with van der Waals surface area (Å²) in [6, 6.07) is 13.2. The van der Waals surface area contributed by atoms with Crippen molar-refractivity contribution in [3.8, 4) is 0 Å². The second-order valence-electron chi connectivity index (χ2n) is 6.86. The van der Waals surface area contributed by atoms with Gasteiger partial charge in [0.25, 0.3) is 0 Å². The molecule has 1 saturated carbocycles. The smallest absolute Gasteiger partial charge is 0.207 e. The standard InChI is InChI=1S/C20H23ClFNO2S/c21-18-11-12-20(19(22)13-18)26(24,25)23(14-16-7-3-1-4-8-16)15-17-9-5-2-6-10-17/h1,3-4,7-8,11-13,17H,2,5-6,9-10,14-15H2. The van der Waals surface area contributed by atoms with E-state index in [9.17, 15) is 12.8 Å². The van der Waals surface area contributed by atoms with Crippen molar-refractivity contribution in [3.05, 3.63) is 64.9 Å². The maximum atomic E-state index is 14.3. The molecule has 1 aliphatic rings. The normalized spacial score (nSPS) is 16.1. The van der Waals surface area contributed by atoms with Crippen LogP contribution in [-0.2, 0) is 16.6 Å². The van der Waals surface area contributed by atoms with Crippen molar-refractivity contribution in [2.75, 3.05) is 6.54 Å². The highest BCUT2D eigenvalue weighted by Gasteiger charge is 2.30. The molecule has 0 aromatic heterocycles. The predicted molar refractivity (Wildman–Crippen MR) is 102 cm³/mol. The van der Waals surface area contributed by atoms with Gasteiger partial charge in [-0.15, -0.1) is 0 Å². The van der Waals surface area contributed by atoms with Crippen LogP contribution in [0.3, 0.4) is 0 Å². The molecule has 0 spiro atoms. The van der Waals surface area contributed by atoms with Gasteiger partial charge in [0.05, 0.1) is 0 Å². The summed E-state index contributed by atoms with van der Waals surface area (Å²) in [7, 11) is -3.95. The maximum Gasteiger partial charge on any atom is 0.246 e. The van der Waals surface area contributed by atoms with Crippen LogP contribution in [0.15, 0.2) is 53.4 Å². The molecule has 0 aliphatic heterocycles. The van der Waals surface area contributed by atoms with Crippen LogP contribution in [0.5, 0.6) is 0 Å². The Bertz CT molecular complexity index is 836. The van der Waals surface area contributed by atoms with Crippen LogP contribution in [0.4, 0.5) is 4.39 Å². The molecule has 6 heteroatoms. The number of nitrogens with zero attached hydrogens (tertiary/aromatic N) is 1. The van der Waals surface area contributed by atoms with Gasteiger partial charge in [0.15, 0.2) is 0 Å². The summed E-state index contributed by atoms with van der Waals surface area (Å²) in [6.45, 7) is 0.654. The Hall–Kier alpha value is -1.43. The van der Waals surface area contributed by atoms with Gasteiger partial charge < -0.3 is 0 Å². The van der Waals surface area contributed by atoms with Gasteiger partial charge >= 0.3 is 0 Å². The highest BCUT2D eigenvalue weighted by Crippen LogP contribution is 2.29. The molecule has 1 fully saturated rings. The SMILES string of the molecule is O=S(=O)(c1ccc(Cl)cc1F)N(Cc1ccccc1)CC1CCCCC1. The number of hydrogen-bond donors (Lipinski definition) is 0. The zero-order chi connectivity index (χ0) is 18.6. The molecule has 0 saturated heterocycles. The van der Waals surface area contributed by atoms with Gasteiger partial charge in [-0.3, -0.25) is 0 Å². The summed E-state index contributed by atoms with van der Waals surface area (Å²) in [5, 5.41) is 0.184. The lowest BCUT2D eigenvalue weighted by atomic mass is 9.89. The first-order chi connectivity index (χ1) is 12.5. The van der Waals surface area contributed by atoms with Gasteiger partial charge in [-0.25, -0.2) is 12.8 Å². The third kappa shape index (κ3) is 4.64. The van der Waals surface area contributed by atoms with Gasteiger partial charge in [0, 0.05) is 18.1 Å². The number of halogens is 2. The fourth-order valence-corrected chi connectivity index (χ4v) is 5.22. The Morgan fingerprint density at radius 3 is 2.38 bits per heavy atom. The first kappa shape index (κ1) is 19.3. The molecule has 3 rings (SSSR count). The fraction of sp³-hybridized carbons (Fsp3) is 0.400. The van der Waals surface area contributed by atoms with Gasteiger partial charge in [-0.2, -0.15) is 4.31 Å². The summed E-state index contributed by atoms with van der Waals surface area (Å²) in [6.07, 6.45) is 5.49. The molecular formula is C20H23ClFNO2S. The second-order valence-corrected chi connectivity index (χ2v) is 9.20. The van der Waals surface area contributed by atoms with Crippen LogP contribution in [0, 0.1) is 11.7 Å². The molecule has 0 radical (unpaired) electrons. The van der Waals surface area contributed by atoms with E-state index in [0.29, 0.717) is 12.5 Å². The molecule has 0 heterocycles. The van der Waals surface area contributed by atoms with Crippen LogP contribution >= 0.6 is 11.6 Å². The van der Waals surface area contributed by atoms with E-state index in [1.165, 1.54) is 22.9 Å². The van der Waals surface area contributed by atoms with Crippen molar-refractivity contribution in [2.24, 2.45) is 5.92 Å². The van der Waals surface area contributed by atoms with Crippen molar-refractivity contribution in [1.82, 2.24) is 4.31 Å². The van der Waals surface area contributed by atoms with E-state index in [-0.39, 0.29) is 16.5 Å². The molecule has 3 nitrogen and oxygen atoms in total. The Kier molecular flexibility index (Phi) is 6.33. The molecule has 0 bridgehead atoms. The average molecular weight is 396 g/mol. The second kappa shape index (κ2) is 8.51. The molecule has 1 aliphatic carbocycles. The summed E-state index contributed by atoms with van der Waals surface area (Å²) < 4.78 is 42.1. The van der Waals surface area contributed by atoms with Gasteiger partial charge in [0.2, 0.25) is 10.0 Å². The molecule has 26 heavy (non-hydrogen) atoms. The summed E-state index contributed by atoms with van der Waals surface area (Å²) >= 11 is 5.78. The van der Waals surface area contributed by atoms with Crippen LogP contribution in [0.25, 0.3) is 0 Å². The van der Waals surface area contributed by atoms with E-state index in [2.05, 4.69) is 0 Å². The van der Waals surface area contributed by atoms with Crippen LogP contribution in [0.1, 0.15) is 37.7 Å². The third-order valence-corrected chi connectivity index (χ3v) is 6.98. The predicted octanol–water partition coefficient (Wildman–Crippen LogP) is 5.25. The average Bonchev–Trinajstić information content (AvgIpc) is 2.62. The summed E-state index contributed by atoms with van der Waals surface area (Å²) in [5.41, 5.74) is 0.890. The Morgan fingerprint density at radius 2 is 1.73 bits per heavy atom. The molecule has 2 aromatic rings. The topological polar surface area (TPSA) is 37.4 Å². The van der Waals surface area contributed by atoms with E-state index < -0.39 is 15.8 Å². The Labute approximate surface area is 159 Å². The third-order valence-electron chi connectivity index (χ3n) is 4.90. The zero-order valence-corrected chi connectivity index (χ0v) is 16.1. The van der Waals surface area contributed by atoms with Gasteiger partial charge in [-0.1, -0.05) is 61.2 Å². The first-order valence-electron chi connectivity index (χ1n) is 8.96. The molecule has 0 atom stereocenters. The van der Waals surface area contributed by atoms with E-state index in [0.717, 1.165) is 37.3 Å². The van der Waals surface area contributed by atoms with E-state index in [1.807, 2.05) is 30.3 Å². The van der Waals surface area contributed by atoms with Crippen LogP contribution in [-0.4, -0.2) is 19.3 Å². The minimum atomic E-state index is -3.95. The highest BCUT2D eigenvalue weighted by molar-refractivity contribution is 7.89. The monoisotopic (exact) mass is 395 g/mol. The van der Waals surface area contributed by atoms with Crippen molar-refractivity contribution < 1.29 is 12.8 Å². The number of rotatable bonds is 6. The Balaban J connectivity index is 1.92. The van der Waals surface area contributed by atoms with Crippen molar-refractivity contribution >= 4 is 21.6 Å². The molecule has 140 valence electrons. The van der Waals surface area contributed by atoms with Gasteiger partial charge in [-0.05, 0) is 42.5 Å². The minimum absolute atomic E-state index is 0.184. The lowest BCUT2D eigenvalue weighted by molar-refractivity contribution is 0.274. The van der Waals surface area contributed by atoms with Crippen molar-refractivity contribution in [3.63, 3.8) is 0 Å². The van der Waals surface area contributed by atoms with E-state index >= 15 is 0 Å². The van der Waals surface area contributed by atoms with Crippen molar-refractivity contribution in [1.29, 1.82) is 0 Å². The van der Waals surface area contributed by atoms with Gasteiger partial charge in [0.1, 0.15) is 10.7 Å². The molecular weight excluding hydrogens is 373 g/mol. The number of sulfonamides is 1. The molecule has 0 amide bonds. The van der Waals surface area contributed by atoms with Crippen molar-refractivity contribution in [2.45, 2.75) is 43.5 Å². The lowest BCUT2D eigenvalue weighted by Gasteiger charge is -2.29. The zero-order valence-electron chi connectivity index (χ0n) is 14.6. The summed E-state index contributed by atoms with van der Waals surface area (Å²) in [5.74, 6) is -0.489. The minimum Gasteiger partial charge on any atom is -0.207 e. The van der Waals surface area contributed by atoms with E-state index in [1.54, 1.807) is 0 Å². The largest absolute Gasteiger partial charge is 0.246 e.